The Morgan fingerprint density at radius 3 is 1.92 bits per heavy atom. The van der Waals surface area contributed by atoms with Gasteiger partial charge in [0.25, 0.3) is 11.4 Å². The van der Waals surface area contributed by atoms with Crippen LogP contribution < -0.4 is 9.99 Å². The van der Waals surface area contributed by atoms with Gasteiger partial charge in [-0.25, -0.2) is 0 Å². The number of halogens is 1. The molecule has 0 bridgehead atoms. The van der Waals surface area contributed by atoms with Crippen LogP contribution in [0.1, 0.15) is 16.7 Å². The zero-order chi connectivity index (χ0) is 27.1. The molecule has 0 aliphatic heterocycles. The van der Waals surface area contributed by atoms with Gasteiger partial charge in [0.2, 0.25) is 0 Å². The molecule has 0 aliphatic rings. The maximum Gasteiger partial charge on any atom is 0.301 e. The Morgan fingerprint density at radius 1 is 0.744 bits per heavy atom. The van der Waals surface area contributed by atoms with Gasteiger partial charge in [0, 0.05) is 35.9 Å². The highest BCUT2D eigenvalue weighted by atomic mass is 79.9. The minimum absolute atomic E-state index is 0. The van der Waals surface area contributed by atoms with E-state index in [-0.39, 0.29) is 34.9 Å². The Labute approximate surface area is 232 Å². The first kappa shape index (κ1) is 28.5. The summed E-state index contributed by atoms with van der Waals surface area (Å²) < 4.78 is 1.85. The molecule has 198 valence electrons. The van der Waals surface area contributed by atoms with Gasteiger partial charge < -0.3 is 0 Å². The van der Waals surface area contributed by atoms with Crippen molar-refractivity contribution in [3.8, 4) is 0 Å². The van der Waals surface area contributed by atoms with Gasteiger partial charge in [-0.2, -0.15) is 9.67 Å². The van der Waals surface area contributed by atoms with Crippen LogP contribution in [0.3, 0.4) is 0 Å². The van der Waals surface area contributed by atoms with E-state index in [2.05, 4.69) is 10.5 Å². The number of pyridine rings is 1. The van der Waals surface area contributed by atoms with Crippen LogP contribution in [0.2, 0.25) is 0 Å². The molecule has 1 aromatic heterocycles. The fourth-order valence-corrected chi connectivity index (χ4v) is 3.69. The normalized spacial score (nSPS) is 10.8. The second kappa shape index (κ2) is 13.0. The van der Waals surface area contributed by atoms with E-state index in [1.807, 2.05) is 59.4 Å². The fraction of sp³-hybridized carbons (Fsp3) is 0.0769. The number of hydrogen-bond donors (Lipinski definition) is 1. The number of hydrazone groups is 1. The van der Waals surface area contributed by atoms with Crippen LogP contribution in [-0.2, 0) is 13.0 Å². The van der Waals surface area contributed by atoms with Crippen LogP contribution >= 0.6 is 17.0 Å². The molecule has 39 heavy (non-hydrogen) atoms. The van der Waals surface area contributed by atoms with E-state index >= 15 is 0 Å². The summed E-state index contributed by atoms with van der Waals surface area (Å²) in [4.78, 5) is 31.6. The number of nitro benzene ring substituents is 3. The lowest BCUT2D eigenvalue weighted by atomic mass is 10.1. The van der Waals surface area contributed by atoms with E-state index in [0.29, 0.717) is 11.3 Å². The average molecular weight is 594 g/mol. The van der Waals surface area contributed by atoms with E-state index in [1.165, 1.54) is 35.9 Å². The highest BCUT2D eigenvalue weighted by Gasteiger charge is 2.20. The number of rotatable bonds is 10. The molecule has 0 radical (unpaired) electrons. The van der Waals surface area contributed by atoms with Crippen molar-refractivity contribution in [3.63, 3.8) is 0 Å². The summed E-state index contributed by atoms with van der Waals surface area (Å²) in [6.07, 6.45) is 4.50. The smallest absolute Gasteiger partial charge is 0.271 e. The number of anilines is 1. The van der Waals surface area contributed by atoms with Crippen LogP contribution in [0.25, 0.3) is 0 Å². The van der Waals surface area contributed by atoms with E-state index < -0.39 is 26.1 Å². The Hall–Kier alpha value is -5.04. The zero-order valence-corrected chi connectivity index (χ0v) is 22.0. The van der Waals surface area contributed by atoms with Gasteiger partial charge in [-0.3, -0.25) is 35.8 Å². The molecule has 0 aliphatic carbocycles. The second-order valence-corrected chi connectivity index (χ2v) is 8.23. The second-order valence-electron chi connectivity index (χ2n) is 8.23. The predicted octanol–water partition coefficient (Wildman–Crippen LogP) is 5.38. The molecule has 0 saturated carbocycles. The van der Waals surface area contributed by atoms with Gasteiger partial charge in [-0.15, -0.1) is 17.0 Å². The number of nitrogens with one attached hydrogen (secondary N) is 1. The lowest BCUT2D eigenvalue weighted by Gasteiger charge is -2.07. The number of aromatic nitrogens is 1. The van der Waals surface area contributed by atoms with Gasteiger partial charge >= 0.3 is 5.69 Å². The Balaban J connectivity index is 0.00000420. The minimum atomic E-state index is -0.739. The van der Waals surface area contributed by atoms with E-state index in [0.717, 1.165) is 24.1 Å². The van der Waals surface area contributed by atoms with Crippen molar-refractivity contribution in [2.75, 3.05) is 5.43 Å². The quantitative estimate of drug-likeness (QED) is 0.112. The molecule has 0 amide bonds. The van der Waals surface area contributed by atoms with Crippen LogP contribution in [0.5, 0.6) is 0 Å². The summed E-state index contributed by atoms with van der Waals surface area (Å²) in [6.45, 7) is 0.233. The minimum Gasteiger partial charge on any atom is -0.271 e. The monoisotopic (exact) mass is 593 g/mol. The SMILES string of the molecule is Br.O=[N+]([O-])c1ccc(/C(C[n+]2ccc(Cc3ccccc3)cc2)=N/Nc2ccc([N+](=O)[O-])cc2[N+](=O)[O-])cc1. The number of hydrogen-bond acceptors (Lipinski definition) is 8. The highest BCUT2D eigenvalue weighted by molar-refractivity contribution is 8.93. The molecule has 1 heterocycles. The van der Waals surface area contributed by atoms with Crippen molar-refractivity contribution in [2.45, 2.75) is 13.0 Å². The number of benzene rings is 3. The summed E-state index contributed by atoms with van der Waals surface area (Å²) in [5.74, 6) is 0. The molecule has 0 saturated heterocycles. The molecule has 4 aromatic rings. The number of non-ortho nitro benzene ring substituents is 2. The lowest BCUT2D eigenvalue weighted by Crippen LogP contribution is -2.37. The van der Waals surface area contributed by atoms with Crippen molar-refractivity contribution < 1.29 is 19.3 Å². The van der Waals surface area contributed by atoms with Crippen LogP contribution in [-0.4, -0.2) is 20.5 Å². The summed E-state index contributed by atoms with van der Waals surface area (Å²) in [5.41, 5.74) is 4.82. The fourth-order valence-electron chi connectivity index (χ4n) is 3.69. The maximum absolute atomic E-state index is 11.5. The molecular formula is C26H22BrN6O6+. The van der Waals surface area contributed by atoms with E-state index in [1.54, 1.807) is 0 Å². The van der Waals surface area contributed by atoms with E-state index in [9.17, 15) is 30.3 Å². The van der Waals surface area contributed by atoms with Crippen LogP contribution in [0, 0.1) is 30.3 Å². The topological polar surface area (TPSA) is 158 Å². The standard InChI is InChI=1S/C26H21N6O6.BrH/c33-30(34)22-8-6-21(7-9-22)25(28-27-24-11-10-23(31(35)36)17-26(24)32(37)38)18-29-14-12-20(13-15-29)16-19-4-2-1-3-5-19;/h1-15,17,27H,16,18H2;1H/q+1;/b28-25+;. The van der Waals surface area contributed by atoms with Crippen molar-refractivity contribution in [3.05, 3.63) is 144 Å². The molecule has 12 nitrogen and oxygen atoms in total. The third-order valence-corrected chi connectivity index (χ3v) is 5.66. The van der Waals surface area contributed by atoms with Gasteiger partial charge in [0.1, 0.15) is 11.4 Å². The van der Waals surface area contributed by atoms with Crippen molar-refractivity contribution in [1.29, 1.82) is 0 Å². The van der Waals surface area contributed by atoms with Crippen LogP contribution in [0.4, 0.5) is 22.7 Å². The largest absolute Gasteiger partial charge is 0.301 e. The molecule has 1 N–H and O–H groups in total. The van der Waals surface area contributed by atoms with Gasteiger partial charge in [0.05, 0.1) is 20.8 Å². The first-order valence-corrected chi connectivity index (χ1v) is 11.3. The summed E-state index contributed by atoms with van der Waals surface area (Å²) in [5, 5.41) is 37.9. The zero-order valence-electron chi connectivity index (χ0n) is 20.2. The average Bonchev–Trinajstić information content (AvgIpc) is 2.92. The molecule has 0 unspecified atom stereocenters. The van der Waals surface area contributed by atoms with Crippen LogP contribution in [0.15, 0.2) is 102 Å². The summed E-state index contributed by atoms with van der Waals surface area (Å²) in [7, 11) is 0. The highest BCUT2D eigenvalue weighted by Crippen LogP contribution is 2.29. The van der Waals surface area contributed by atoms with Crippen molar-refractivity contribution in [1.82, 2.24) is 0 Å². The lowest BCUT2D eigenvalue weighted by molar-refractivity contribution is -0.681. The third-order valence-electron chi connectivity index (χ3n) is 5.66. The summed E-state index contributed by atoms with van der Waals surface area (Å²) >= 11 is 0. The molecule has 13 heteroatoms. The first-order valence-electron chi connectivity index (χ1n) is 11.3. The van der Waals surface area contributed by atoms with Gasteiger partial charge in [-0.1, -0.05) is 30.3 Å². The maximum atomic E-state index is 11.5. The first-order chi connectivity index (χ1) is 18.3. The number of nitrogens with zero attached hydrogens (tertiary/aromatic N) is 5. The third kappa shape index (κ3) is 7.49. The molecule has 0 spiro atoms. The van der Waals surface area contributed by atoms with Gasteiger partial charge in [-0.05, 0) is 35.7 Å². The number of nitro groups is 3. The molecule has 0 fully saturated rings. The molecule has 0 atom stereocenters. The van der Waals surface area contributed by atoms with Gasteiger partial charge in [0.15, 0.2) is 18.9 Å². The van der Waals surface area contributed by atoms with Crippen molar-refractivity contribution >= 4 is 45.4 Å². The van der Waals surface area contributed by atoms with Crippen molar-refractivity contribution in [2.24, 2.45) is 5.10 Å². The Kier molecular flexibility index (Phi) is 9.48. The summed E-state index contributed by atoms with van der Waals surface area (Å²) in [6, 6.07) is 22.9. The molecule has 3 aromatic carbocycles. The molecule has 4 rings (SSSR count). The molecular weight excluding hydrogens is 572 g/mol. The predicted molar refractivity (Wildman–Crippen MR) is 149 cm³/mol. The van der Waals surface area contributed by atoms with E-state index in [4.69, 9.17) is 0 Å². The Morgan fingerprint density at radius 2 is 1.33 bits per heavy atom. The Bertz CT molecular complexity index is 1510.